The van der Waals surface area contributed by atoms with E-state index in [4.69, 9.17) is 4.74 Å². The summed E-state index contributed by atoms with van der Waals surface area (Å²) >= 11 is 0. The van der Waals surface area contributed by atoms with Crippen LogP contribution in [-0.4, -0.2) is 12.0 Å². The largest absolute Gasteiger partial charge is 0.490 e. The van der Waals surface area contributed by atoms with Gasteiger partial charge in [0.2, 0.25) is 0 Å². The number of nitro groups is 1. The van der Waals surface area contributed by atoms with E-state index in [9.17, 15) is 14.5 Å². The number of halogens is 1. The number of ether oxygens (including phenoxy) is 1. The summed E-state index contributed by atoms with van der Waals surface area (Å²) < 4.78 is 18.0. The minimum atomic E-state index is -0.606. The Labute approximate surface area is 86.1 Å². The molecule has 0 spiro atoms. The molecule has 0 aliphatic rings. The molecule has 1 aromatic carbocycles. The van der Waals surface area contributed by atoms with Crippen molar-refractivity contribution in [2.45, 2.75) is 6.42 Å². The summed E-state index contributed by atoms with van der Waals surface area (Å²) in [5, 5.41) is 10.6. The highest BCUT2D eigenvalue weighted by Crippen LogP contribution is 2.29. The SMILES string of the molecule is C=CCc1cc([N+](=O)[O-])c(OC)cc1F. The van der Waals surface area contributed by atoms with Gasteiger partial charge in [0.1, 0.15) is 5.82 Å². The number of hydrogen-bond acceptors (Lipinski definition) is 3. The highest BCUT2D eigenvalue weighted by Gasteiger charge is 2.18. The summed E-state index contributed by atoms with van der Waals surface area (Å²) in [5.41, 5.74) is -0.00625. The van der Waals surface area contributed by atoms with Crippen molar-refractivity contribution in [3.05, 3.63) is 46.3 Å². The summed E-state index contributed by atoms with van der Waals surface area (Å²) in [5.74, 6) is -0.609. The number of rotatable bonds is 4. The molecule has 0 unspecified atom stereocenters. The third-order valence-corrected chi connectivity index (χ3v) is 1.91. The first-order chi connectivity index (χ1) is 7.10. The maximum atomic E-state index is 13.3. The van der Waals surface area contributed by atoms with E-state index >= 15 is 0 Å². The Kier molecular flexibility index (Phi) is 3.38. The van der Waals surface area contributed by atoms with Crippen LogP contribution in [0.1, 0.15) is 5.56 Å². The van der Waals surface area contributed by atoms with Crippen molar-refractivity contribution in [2.75, 3.05) is 7.11 Å². The first kappa shape index (κ1) is 11.2. The van der Waals surface area contributed by atoms with Gasteiger partial charge in [0, 0.05) is 12.1 Å². The molecule has 0 bridgehead atoms. The van der Waals surface area contributed by atoms with Crippen molar-refractivity contribution in [1.82, 2.24) is 0 Å². The molecule has 5 heteroatoms. The third kappa shape index (κ3) is 2.31. The van der Waals surface area contributed by atoms with Gasteiger partial charge in [0.15, 0.2) is 5.75 Å². The Morgan fingerprint density at radius 2 is 2.33 bits per heavy atom. The van der Waals surface area contributed by atoms with Crippen molar-refractivity contribution < 1.29 is 14.1 Å². The van der Waals surface area contributed by atoms with Crippen molar-refractivity contribution >= 4 is 5.69 Å². The monoisotopic (exact) mass is 211 g/mol. The zero-order valence-electron chi connectivity index (χ0n) is 8.20. The highest BCUT2D eigenvalue weighted by atomic mass is 19.1. The molecule has 0 saturated carbocycles. The van der Waals surface area contributed by atoms with Gasteiger partial charge < -0.3 is 4.74 Å². The van der Waals surface area contributed by atoms with E-state index in [0.717, 1.165) is 12.1 Å². The van der Waals surface area contributed by atoms with E-state index in [1.165, 1.54) is 13.2 Å². The van der Waals surface area contributed by atoms with Crippen molar-refractivity contribution in [3.8, 4) is 5.75 Å². The van der Waals surface area contributed by atoms with Gasteiger partial charge >= 0.3 is 5.69 Å². The molecule has 0 aliphatic carbocycles. The van der Waals surface area contributed by atoms with Gasteiger partial charge in [0.25, 0.3) is 0 Å². The molecule has 0 amide bonds. The minimum Gasteiger partial charge on any atom is -0.490 e. The fourth-order valence-electron chi connectivity index (χ4n) is 1.20. The highest BCUT2D eigenvalue weighted by molar-refractivity contribution is 5.49. The van der Waals surface area contributed by atoms with E-state index in [2.05, 4.69) is 6.58 Å². The van der Waals surface area contributed by atoms with Gasteiger partial charge in [-0.2, -0.15) is 0 Å². The Morgan fingerprint density at radius 1 is 1.67 bits per heavy atom. The second-order valence-corrected chi connectivity index (χ2v) is 2.87. The van der Waals surface area contributed by atoms with Crippen LogP contribution in [0.25, 0.3) is 0 Å². The van der Waals surface area contributed by atoms with Gasteiger partial charge in [-0.25, -0.2) is 4.39 Å². The lowest BCUT2D eigenvalue weighted by Crippen LogP contribution is -1.98. The quantitative estimate of drug-likeness (QED) is 0.436. The van der Waals surface area contributed by atoms with Crippen molar-refractivity contribution in [3.63, 3.8) is 0 Å². The van der Waals surface area contributed by atoms with Crippen molar-refractivity contribution in [2.24, 2.45) is 0 Å². The number of nitrogens with zero attached hydrogens (tertiary/aromatic N) is 1. The fourth-order valence-corrected chi connectivity index (χ4v) is 1.20. The lowest BCUT2D eigenvalue weighted by atomic mass is 10.1. The fraction of sp³-hybridized carbons (Fsp3) is 0.200. The van der Waals surface area contributed by atoms with E-state index in [1.807, 2.05) is 0 Å². The van der Waals surface area contributed by atoms with Crippen LogP contribution in [-0.2, 0) is 6.42 Å². The lowest BCUT2D eigenvalue weighted by Gasteiger charge is -2.04. The van der Waals surface area contributed by atoms with Gasteiger partial charge in [-0.05, 0) is 12.0 Å². The van der Waals surface area contributed by atoms with Crippen LogP contribution in [0.15, 0.2) is 24.8 Å². The zero-order chi connectivity index (χ0) is 11.4. The van der Waals surface area contributed by atoms with Crippen LogP contribution in [0.2, 0.25) is 0 Å². The zero-order valence-corrected chi connectivity index (χ0v) is 8.20. The Hall–Kier alpha value is -1.91. The molecule has 0 heterocycles. The summed E-state index contributed by atoms with van der Waals surface area (Å²) in [6, 6.07) is 2.17. The Balaban J connectivity index is 3.29. The summed E-state index contributed by atoms with van der Waals surface area (Å²) in [7, 11) is 1.26. The molecule has 1 aromatic rings. The van der Waals surface area contributed by atoms with E-state index in [1.54, 1.807) is 0 Å². The molecular weight excluding hydrogens is 201 g/mol. The van der Waals surface area contributed by atoms with Crippen LogP contribution in [0.5, 0.6) is 5.75 Å². The standard InChI is InChI=1S/C10H10FNO3/c1-3-4-7-5-9(12(13)14)10(15-2)6-8(7)11/h3,5-6H,1,4H2,2H3. The maximum Gasteiger partial charge on any atom is 0.311 e. The van der Waals surface area contributed by atoms with Crippen LogP contribution in [0, 0.1) is 15.9 Å². The van der Waals surface area contributed by atoms with E-state index in [-0.39, 0.29) is 23.4 Å². The molecule has 1 rings (SSSR count). The first-order valence-electron chi connectivity index (χ1n) is 4.21. The molecule has 0 fully saturated rings. The second-order valence-electron chi connectivity index (χ2n) is 2.87. The average molecular weight is 211 g/mol. The molecular formula is C10H10FNO3. The van der Waals surface area contributed by atoms with Crippen LogP contribution in [0.3, 0.4) is 0 Å². The topological polar surface area (TPSA) is 52.4 Å². The summed E-state index contributed by atoms with van der Waals surface area (Å²) in [4.78, 5) is 10.0. The van der Waals surface area contributed by atoms with Crippen molar-refractivity contribution in [1.29, 1.82) is 0 Å². The van der Waals surface area contributed by atoms with Gasteiger partial charge in [-0.1, -0.05) is 6.08 Å². The van der Waals surface area contributed by atoms with Gasteiger partial charge in [-0.15, -0.1) is 6.58 Å². The smallest absolute Gasteiger partial charge is 0.311 e. The molecule has 4 nitrogen and oxygen atoms in total. The number of hydrogen-bond donors (Lipinski definition) is 0. The van der Waals surface area contributed by atoms with Crippen LogP contribution < -0.4 is 4.74 Å². The molecule has 15 heavy (non-hydrogen) atoms. The van der Waals surface area contributed by atoms with Crippen LogP contribution in [0.4, 0.5) is 10.1 Å². The molecule has 0 aromatic heterocycles. The molecule has 0 aliphatic heterocycles. The van der Waals surface area contributed by atoms with E-state index < -0.39 is 10.7 Å². The third-order valence-electron chi connectivity index (χ3n) is 1.91. The van der Waals surface area contributed by atoms with E-state index in [0.29, 0.717) is 0 Å². The van der Waals surface area contributed by atoms with Gasteiger partial charge in [0.05, 0.1) is 12.0 Å². The summed E-state index contributed by atoms with van der Waals surface area (Å²) in [6.45, 7) is 3.45. The molecule has 0 atom stereocenters. The molecule has 80 valence electrons. The number of benzene rings is 1. The average Bonchev–Trinajstić information content (AvgIpc) is 2.20. The summed E-state index contributed by atoms with van der Waals surface area (Å²) in [6.07, 6.45) is 1.73. The number of allylic oxidation sites excluding steroid dienone is 1. The number of methoxy groups -OCH3 is 1. The first-order valence-corrected chi connectivity index (χ1v) is 4.21. The molecule has 0 saturated heterocycles. The van der Waals surface area contributed by atoms with Crippen LogP contribution >= 0.6 is 0 Å². The lowest BCUT2D eigenvalue weighted by molar-refractivity contribution is -0.385. The predicted molar refractivity (Wildman–Crippen MR) is 53.5 cm³/mol. The normalized spacial score (nSPS) is 9.73. The molecule has 0 radical (unpaired) electrons. The molecule has 0 N–H and O–H groups in total. The Morgan fingerprint density at radius 3 is 2.80 bits per heavy atom. The Bertz CT molecular complexity index is 404. The second kappa shape index (κ2) is 4.54. The number of nitro benzene ring substituents is 1. The predicted octanol–water partition coefficient (Wildman–Crippen LogP) is 2.47. The maximum absolute atomic E-state index is 13.3. The van der Waals surface area contributed by atoms with Gasteiger partial charge in [-0.3, -0.25) is 10.1 Å². The minimum absolute atomic E-state index is 0.0784.